The quantitative estimate of drug-likeness (QED) is 0.0262. The summed E-state index contributed by atoms with van der Waals surface area (Å²) >= 11 is 0. The molecule has 0 rings (SSSR count). The van der Waals surface area contributed by atoms with Crippen molar-refractivity contribution in [2.24, 2.45) is 0 Å². The second kappa shape index (κ2) is 57.9. The van der Waals surface area contributed by atoms with Gasteiger partial charge in [0, 0.05) is 19.3 Å². The Morgan fingerprint density at radius 1 is 0.300 bits per heavy atom. The lowest BCUT2D eigenvalue weighted by Gasteiger charge is -2.18. The molecule has 0 saturated carbocycles. The molecule has 0 spiro atoms. The van der Waals surface area contributed by atoms with Crippen LogP contribution in [0.2, 0.25) is 0 Å². The van der Waals surface area contributed by atoms with E-state index in [2.05, 4.69) is 118 Å². The highest BCUT2D eigenvalue weighted by Crippen LogP contribution is 2.15. The van der Waals surface area contributed by atoms with Gasteiger partial charge in [-0.25, -0.2) is 0 Å². The Balaban J connectivity index is 4.44. The maximum absolute atomic E-state index is 12.9. The van der Waals surface area contributed by atoms with Crippen LogP contribution in [0.4, 0.5) is 0 Å². The van der Waals surface area contributed by atoms with Crippen LogP contribution < -0.4 is 0 Å². The lowest BCUT2D eigenvalue weighted by Crippen LogP contribution is -2.30. The van der Waals surface area contributed by atoms with Crippen molar-refractivity contribution < 1.29 is 28.6 Å². The van der Waals surface area contributed by atoms with Crippen LogP contribution in [0, 0.1) is 0 Å². The summed E-state index contributed by atoms with van der Waals surface area (Å²) in [6.07, 6.45) is 76.8. The average Bonchev–Trinajstić information content (AvgIpc) is 3.36. The molecule has 0 aliphatic heterocycles. The molecule has 1 atom stereocenters. The second-order valence-electron chi connectivity index (χ2n) is 19.1. The molecule has 70 heavy (non-hydrogen) atoms. The molecule has 0 aromatic heterocycles. The first-order chi connectivity index (χ1) is 34.5. The van der Waals surface area contributed by atoms with Crippen molar-refractivity contribution in [2.75, 3.05) is 13.2 Å². The molecule has 0 saturated heterocycles. The molecule has 0 N–H and O–H groups in total. The zero-order valence-electron chi connectivity index (χ0n) is 45.8. The summed E-state index contributed by atoms with van der Waals surface area (Å²) in [4.78, 5) is 38.2. The standard InChI is InChI=1S/C64H108O6/c1-4-7-10-13-16-19-22-25-28-31-32-34-36-39-42-45-48-51-54-57-63(66)69-60-61(59-68-62(65)56-53-50-47-44-41-38-35-30-27-24-21-18-15-12-9-6-3)70-64(67)58-55-52-49-46-43-40-37-33-29-26-23-20-17-14-11-8-5-2/h7-8,10-11,16-17,19-20,25-26,28-30,32,34-35,61H,4-6,9,12-15,18,21-24,27,31,33,36-60H2,1-3H3/b10-7-,11-8-,19-16-,20-17-,28-25-,29-26-,34-32-,35-30-. The van der Waals surface area contributed by atoms with Crippen molar-refractivity contribution in [3.05, 3.63) is 97.2 Å². The van der Waals surface area contributed by atoms with Gasteiger partial charge < -0.3 is 14.2 Å². The zero-order valence-corrected chi connectivity index (χ0v) is 45.8. The third-order valence-electron chi connectivity index (χ3n) is 12.3. The Morgan fingerprint density at radius 3 is 0.886 bits per heavy atom. The Hall–Kier alpha value is -3.67. The van der Waals surface area contributed by atoms with E-state index in [1.807, 2.05) is 0 Å². The van der Waals surface area contributed by atoms with Crippen LogP contribution in [0.25, 0.3) is 0 Å². The maximum atomic E-state index is 12.9. The van der Waals surface area contributed by atoms with Crippen LogP contribution in [-0.4, -0.2) is 37.2 Å². The van der Waals surface area contributed by atoms with Crippen molar-refractivity contribution in [2.45, 2.75) is 277 Å². The normalized spacial score (nSPS) is 12.8. The highest BCUT2D eigenvalue weighted by molar-refractivity contribution is 5.71. The summed E-state index contributed by atoms with van der Waals surface area (Å²) in [5.41, 5.74) is 0. The third kappa shape index (κ3) is 55.3. The molecule has 0 heterocycles. The molecule has 0 aliphatic carbocycles. The van der Waals surface area contributed by atoms with Crippen LogP contribution in [0.5, 0.6) is 0 Å². The van der Waals surface area contributed by atoms with Crippen molar-refractivity contribution in [1.82, 2.24) is 0 Å². The minimum atomic E-state index is -0.794. The topological polar surface area (TPSA) is 78.9 Å². The number of carbonyl (C=O) groups is 3. The Labute approximate surface area is 432 Å². The van der Waals surface area contributed by atoms with E-state index in [9.17, 15) is 14.4 Å². The molecule has 0 bridgehead atoms. The smallest absolute Gasteiger partial charge is 0.306 e. The van der Waals surface area contributed by atoms with Gasteiger partial charge in [0.05, 0.1) is 0 Å². The Kier molecular flexibility index (Phi) is 54.9. The van der Waals surface area contributed by atoms with Crippen LogP contribution in [0.15, 0.2) is 97.2 Å². The van der Waals surface area contributed by atoms with Gasteiger partial charge in [0.25, 0.3) is 0 Å². The monoisotopic (exact) mass is 973 g/mol. The van der Waals surface area contributed by atoms with Crippen LogP contribution in [0.1, 0.15) is 271 Å². The first-order valence-electron chi connectivity index (χ1n) is 29.2. The van der Waals surface area contributed by atoms with E-state index in [1.54, 1.807) is 0 Å². The number of ether oxygens (including phenoxy) is 3. The predicted molar refractivity (Wildman–Crippen MR) is 302 cm³/mol. The van der Waals surface area contributed by atoms with Gasteiger partial charge in [0.2, 0.25) is 0 Å². The number of rotatable bonds is 52. The lowest BCUT2D eigenvalue weighted by molar-refractivity contribution is -0.167. The van der Waals surface area contributed by atoms with Gasteiger partial charge in [0.15, 0.2) is 6.10 Å². The molecule has 6 nitrogen and oxygen atoms in total. The maximum Gasteiger partial charge on any atom is 0.306 e. The van der Waals surface area contributed by atoms with Gasteiger partial charge >= 0.3 is 17.9 Å². The van der Waals surface area contributed by atoms with Crippen molar-refractivity contribution in [3.8, 4) is 0 Å². The van der Waals surface area contributed by atoms with E-state index in [4.69, 9.17) is 14.2 Å². The number of hydrogen-bond donors (Lipinski definition) is 0. The summed E-state index contributed by atoms with van der Waals surface area (Å²) in [6, 6.07) is 0. The fourth-order valence-corrected chi connectivity index (χ4v) is 7.97. The molecule has 0 aromatic rings. The Bertz CT molecular complexity index is 1400. The molecule has 6 heteroatoms. The van der Waals surface area contributed by atoms with Gasteiger partial charge in [-0.15, -0.1) is 0 Å². The summed E-state index contributed by atoms with van der Waals surface area (Å²) in [7, 11) is 0. The van der Waals surface area contributed by atoms with Gasteiger partial charge in [0.1, 0.15) is 13.2 Å². The van der Waals surface area contributed by atoms with E-state index in [0.29, 0.717) is 19.3 Å². The van der Waals surface area contributed by atoms with Gasteiger partial charge in [-0.1, -0.05) is 234 Å². The van der Waals surface area contributed by atoms with Crippen molar-refractivity contribution >= 4 is 17.9 Å². The van der Waals surface area contributed by atoms with Gasteiger partial charge in [-0.05, 0) is 116 Å². The zero-order chi connectivity index (χ0) is 50.7. The van der Waals surface area contributed by atoms with Crippen LogP contribution in [-0.2, 0) is 28.6 Å². The molecule has 0 fully saturated rings. The largest absolute Gasteiger partial charge is 0.462 e. The summed E-state index contributed by atoms with van der Waals surface area (Å²) in [5.74, 6) is -0.918. The van der Waals surface area contributed by atoms with Gasteiger partial charge in [-0.2, -0.15) is 0 Å². The molecule has 0 amide bonds. The van der Waals surface area contributed by atoms with E-state index >= 15 is 0 Å². The Morgan fingerprint density at radius 2 is 0.557 bits per heavy atom. The fourth-order valence-electron chi connectivity index (χ4n) is 7.97. The summed E-state index contributed by atoms with van der Waals surface area (Å²) < 4.78 is 16.9. The van der Waals surface area contributed by atoms with Crippen molar-refractivity contribution in [3.63, 3.8) is 0 Å². The summed E-state index contributed by atoms with van der Waals surface area (Å²) in [6.45, 7) is 6.40. The molecular weight excluding hydrogens is 865 g/mol. The molecule has 400 valence electrons. The first kappa shape index (κ1) is 66.3. The first-order valence-corrected chi connectivity index (χ1v) is 29.2. The number of carbonyl (C=O) groups excluding carboxylic acids is 3. The van der Waals surface area contributed by atoms with E-state index < -0.39 is 6.10 Å². The SMILES string of the molecule is CC/C=C\C/C=C\C/C=C\C/C=C\CCCCCCCCC(=O)OCC(COC(=O)CCCCCCC/C=C\CCCCCCCCC)OC(=O)CCCCCCCCC/C=C\C/C=C\C/C=C\CC. The molecule has 0 radical (unpaired) electrons. The minimum Gasteiger partial charge on any atom is -0.462 e. The predicted octanol–water partition coefficient (Wildman–Crippen LogP) is 19.7. The number of unbranched alkanes of at least 4 members (excludes halogenated alkanes) is 25. The van der Waals surface area contributed by atoms with Gasteiger partial charge in [-0.3, -0.25) is 14.4 Å². The van der Waals surface area contributed by atoms with E-state index in [-0.39, 0.29) is 31.1 Å². The number of esters is 3. The minimum absolute atomic E-state index is 0.0908. The highest BCUT2D eigenvalue weighted by atomic mass is 16.6. The molecular formula is C64H108O6. The third-order valence-corrected chi connectivity index (χ3v) is 12.3. The molecule has 0 aliphatic rings. The average molecular weight is 974 g/mol. The van der Waals surface area contributed by atoms with E-state index in [1.165, 1.54) is 103 Å². The van der Waals surface area contributed by atoms with E-state index in [0.717, 1.165) is 128 Å². The van der Waals surface area contributed by atoms with Crippen molar-refractivity contribution in [1.29, 1.82) is 0 Å². The number of hydrogen-bond acceptors (Lipinski definition) is 6. The second-order valence-corrected chi connectivity index (χ2v) is 19.1. The summed E-state index contributed by atoms with van der Waals surface area (Å²) in [5, 5.41) is 0. The fraction of sp³-hybridized carbons (Fsp3) is 0.703. The molecule has 0 aromatic carbocycles. The lowest BCUT2D eigenvalue weighted by atomic mass is 10.1. The number of allylic oxidation sites excluding steroid dienone is 16. The van der Waals surface area contributed by atoms with Crippen LogP contribution >= 0.6 is 0 Å². The molecule has 1 unspecified atom stereocenters. The van der Waals surface area contributed by atoms with Crippen LogP contribution in [0.3, 0.4) is 0 Å². The highest BCUT2D eigenvalue weighted by Gasteiger charge is 2.19.